The zero-order valence-corrected chi connectivity index (χ0v) is 22.6. The van der Waals surface area contributed by atoms with Crippen molar-refractivity contribution in [3.05, 3.63) is 58.6 Å². The first kappa shape index (κ1) is 27.3. The summed E-state index contributed by atoms with van der Waals surface area (Å²) in [6.07, 6.45) is 0.282. The van der Waals surface area contributed by atoms with Crippen molar-refractivity contribution in [1.29, 1.82) is 0 Å². The number of nitrogens with one attached hydrogen (secondary N) is 1. The number of ether oxygens (including phenoxy) is 2. The van der Waals surface area contributed by atoms with Crippen LogP contribution in [0.15, 0.2) is 41.3 Å². The van der Waals surface area contributed by atoms with Gasteiger partial charge in [0.1, 0.15) is 16.3 Å². The van der Waals surface area contributed by atoms with E-state index in [0.717, 1.165) is 25.0 Å². The molecular formula is C25H26ClF2NO7S2. The molecule has 0 bridgehead atoms. The van der Waals surface area contributed by atoms with Gasteiger partial charge in [0.2, 0.25) is 5.91 Å². The zero-order valence-electron chi connectivity index (χ0n) is 20.2. The van der Waals surface area contributed by atoms with Crippen LogP contribution in [-0.2, 0) is 34.0 Å². The molecule has 2 aromatic rings. The van der Waals surface area contributed by atoms with Crippen molar-refractivity contribution in [1.82, 2.24) is 5.32 Å². The fourth-order valence-electron chi connectivity index (χ4n) is 5.40. The molecule has 2 fully saturated rings. The number of hydrogen-bond acceptors (Lipinski definition) is 7. The molecule has 3 atom stereocenters. The monoisotopic (exact) mass is 589 g/mol. The van der Waals surface area contributed by atoms with Gasteiger partial charge in [0.05, 0.1) is 28.9 Å². The zero-order chi connectivity index (χ0) is 27.3. The minimum atomic E-state index is -4.40. The molecule has 1 N–H and O–H groups in total. The van der Waals surface area contributed by atoms with Crippen molar-refractivity contribution in [2.45, 2.75) is 47.5 Å². The predicted octanol–water partition coefficient (Wildman–Crippen LogP) is 3.17. The smallest absolute Gasteiger partial charge is 0.235 e. The third kappa shape index (κ3) is 4.91. The summed E-state index contributed by atoms with van der Waals surface area (Å²) in [5, 5.41) is 2.92. The maximum Gasteiger partial charge on any atom is 0.235 e. The van der Waals surface area contributed by atoms with Crippen molar-refractivity contribution >= 4 is 37.2 Å². The third-order valence-corrected chi connectivity index (χ3v) is 11.7. The van der Waals surface area contributed by atoms with Crippen LogP contribution in [0.3, 0.4) is 0 Å². The summed E-state index contributed by atoms with van der Waals surface area (Å²) in [6, 6.07) is 7.09. The second-order valence-electron chi connectivity index (χ2n) is 9.88. The Morgan fingerprint density at radius 2 is 1.74 bits per heavy atom. The lowest BCUT2D eigenvalue weighted by atomic mass is 9.75. The molecule has 3 aliphatic rings. The van der Waals surface area contributed by atoms with E-state index < -0.39 is 76.8 Å². The Labute approximate surface area is 224 Å². The summed E-state index contributed by atoms with van der Waals surface area (Å²) in [5.74, 6) is -5.15. The molecule has 206 valence electrons. The van der Waals surface area contributed by atoms with E-state index in [4.69, 9.17) is 21.1 Å². The van der Waals surface area contributed by atoms with Crippen molar-refractivity contribution < 1.29 is 39.9 Å². The number of benzene rings is 2. The first-order valence-corrected chi connectivity index (χ1v) is 15.9. The van der Waals surface area contributed by atoms with Gasteiger partial charge in [0.25, 0.3) is 0 Å². The van der Waals surface area contributed by atoms with Gasteiger partial charge in [0, 0.05) is 23.6 Å². The molecule has 2 aliphatic heterocycles. The molecule has 38 heavy (non-hydrogen) atoms. The lowest BCUT2D eigenvalue weighted by molar-refractivity contribution is -0.118. The molecule has 5 rings (SSSR count). The number of sulfone groups is 2. The highest BCUT2D eigenvalue weighted by atomic mass is 35.5. The highest BCUT2D eigenvalue weighted by Crippen LogP contribution is 2.55. The fraction of sp³-hybridized carbons (Fsp3) is 0.480. The van der Waals surface area contributed by atoms with Gasteiger partial charge >= 0.3 is 0 Å². The van der Waals surface area contributed by atoms with Crippen molar-refractivity contribution in [2.24, 2.45) is 5.92 Å². The van der Waals surface area contributed by atoms with E-state index >= 15 is 4.39 Å². The number of carbonyl (C=O) groups excluding carboxylic acids is 1. The molecule has 1 saturated heterocycles. The molecule has 2 aromatic carbocycles. The van der Waals surface area contributed by atoms with E-state index in [-0.39, 0.29) is 37.0 Å². The quantitative estimate of drug-likeness (QED) is 0.503. The van der Waals surface area contributed by atoms with Gasteiger partial charge in [-0.15, -0.1) is 0 Å². The average molecular weight is 590 g/mol. The molecule has 0 spiro atoms. The Balaban J connectivity index is 1.52. The van der Waals surface area contributed by atoms with Crippen LogP contribution in [0.2, 0.25) is 5.02 Å². The second kappa shape index (κ2) is 10.0. The number of halogens is 3. The number of rotatable bonds is 8. The number of carbonyl (C=O) groups is 1. The second-order valence-corrected chi connectivity index (χ2v) is 14.7. The minimum absolute atomic E-state index is 0.00724. The number of fused-ring (bicyclic) bond motifs is 3. The van der Waals surface area contributed by atoms with Crippen molar-refractivity contribution in [3.63, 3.8) is 0 Å². The average Bonchev–Trinajstić information content (AvgIpc) is 3.68. The molecule has 0 radical (unpaired) electrons. The summed E-state index contributed by atoms with van der Waals surface area (Å²) in [6.45, 7) is -0.487. The SMILES string of the molecule is O=C(CS(=O)(=O)CC[C@@H]1OCC[C@@]2(S(=O)(=O)c3ccc(Cl)cc3)c3c(F)ccc(F)c3OC[C@@H]12)NC1CC1. The molecule has 8 nitrogen and oxygen atoms in total. The van der Waals surface area contributed by atoms with Gasteiger partial charge in [-0.05, 0) is 62.1 Å². The Morgan fingerprint density at radius 3 is 2.42 bits per heavy atom. The van der Waals surface area contributed by atoms with Crippen LogP contribution in [0.1, 0.15) is 31.2 Å². The summed E-state index contributed by atoms with van der Waals surface area (Å²) in [7, 11) is -8.26. The third-order valence-electron chi connectivity index (χ3n) is 7.35. The van der Waals surface area contributed by atoms with E-state index in [9.17, 15) is 26.0 Å². The first-order chi connectivity index (χ1) is 17.9. The fourth-order valence-corrected chi connectivity index (χ4v) is 9.09. The lowest BCUT2D eigenvalue weighted by Crippen LogP contribution is -2.57. The van der Waals surface area contributed by atoms with E-state index in [1.807, 2.05) is 0 Å². The Morgan fingerprint density at radius 1 is 1.05 bits per heavy atom. The van der Waals surface area contributed by atoms with Gasteiger partial charge in [0.15, 0.2) is 31.2 Å². The van der Waals surface area contributed by atoms with Crippen LogP contribution >= 0.6 is 11.6 Å². The Hall–Kier alpha value is -2.28. The van der Waals surface area contributed by atoms with Crippen LogP contribution in [0.5, 0.6) is 5.75 Å². The van der Waals surface area contributed by atoms with Crippen LogP contribution in [0, 0.1) is 17.6 Å². The van der Waals surface area contributed by atoms with Crippen molar-refractivity contribution in [3.8, 4) is 5.75 Å². The lowest BCUT2D eigenvalue weighted by Gasteiger charge is -2.50. The molecule has 0 aromatic heterocycles. The highest BCUT2D eigenvalue weighted by molar-refractivity contribution is 7.92. The summed E-state index contributed by atoms with van der Waals surface area (Å²) < 4.78 is 93.5. The van der Waals surface area contributed by atoms with Gasteiger partial charge in [-0.25, -0.2) is 25.6 Å². The predicted molar refractivity (Wildman–Crippen MR) is 134 cm³/mol. The standard InChI is InChI=1S/C25H26ClF2NO7S2/c26-15-1-5-17(6-2-15)38(33,34)25-10-11-35-21(9-12-37(31,32)14-22(30)29-16-3-4-16)18(25)13-36-24-20(28)8-7-19(27)23(24)25/h1-2,5-8,16,18,21H,3-4,9-14H2,(H,29,30)/t18-,21-,25-/m0/s1. The van der Waals surface area contributed by atoms with Gasteiger partial charge in [-0.3, -0.25) is 4.79 Å². The maximum absolute atomic E-state index is 15.4. The number of amides is 1. The first-order valence-electron chi connectivity index (χ1n) is 12.2. The van der Waals surface area contributed by atoms with Crippen LogP contribution in [0.4, 0.5) is 8.78 Å². The highest BCUT2D eigenvalue weighted by Gasteiger charge is 2.61. The van der Waals surface area contributed by atoms with E-state index in [1.165, 1.54) is 24.3 Å². The molecule has 1 aliphatic carbocycles. The molecule has 0 unspecified atom stereocenters. The topological polar surface area (TPSA) is 116 Å². The van der Waals surface area contributed by atoms with Gasteiger partial charge in [-0.2, -0.15) is 0 Å². The van der Waals surface area contributed by atoms with Crippen LogP contribution in [0.25, 0.3) is 0 Å². The van der Waals surface area contributed by atoms with Crippen molar-refractivity contribution in [2.75, 3.05) is 24.7 Å². The molecule has 1 amide bonds. The number of hydrogen-bond donors (Lipinski definition) is 1. The molecule has 2 heterocycles. The summed E-state index contributed by atoms with van der Waals surface area (Å²) in [4.78, 5) is 11.9. The van der Waals surface area contributed by atoms with Crippen LogP contribution in [-0.4, -0.2) is 59.6 Å². The largest absolute Gasteiger partial charge is 0.490 e. The molecule has 13 heteroatoms. The summed E-state index contributed by atoms with van der Waals surface area (Å²) in [5.41, 5.74) is -0.427. The Bertz CT molecular complexity index is 1460. The molecular weight excluding hydrogens is 564 g/mol. The maximum atomic E-state index is 15.4. The van der Waals surface area contributed by atoms with Crippen LogP contribution < -0.4 is 10.1 Å². The van der Waals surface area contributed by atoms with E-state index in [0.29, 0.717) is 5.02 Å². The van der Waals surface area contributed by atoms with Gasteiger partial charge < -0.3 is 14.8 Å². The van der Waals surface area contributed by atoms with Gasteiger partial charge in [-0.1, -0.05) is 11.6 Å². The normalized spacial score (nSPS) is 25.1. The van der Waals surface area contributed by atoms with E-state index in [1.54, 1.807) is 0 Å². The molecule has 1 saturated carbocycles. The summed E-state index contributed by atoms with van der Waals surface area (Å²) >= 11 is 5.95. The minimum Gasteiger partial charge on any atom is -0.490 e. The van der Waals surface area contributed by atoms with E-state index in [2.05, 4.69) is 5.32 Å². The Kier molecular flexibility index (Phi) is 7.21.